The van der Waals surface area contributed by atoms with E-state index in [4.69, 9.17) is 17.3 Å². The van der Waals surface area contributed by atoms with Crippen molar-refractivity contribution in [1.29, 1.82) is 0 Å². The molecule has 0 bridgehead atoms. The molecule has 0 spiro atoms. The first-order valence-electron chi connectivity index (χ1n) is 11.1. The number of nitrogens with two attached hydrogens (primary N) is 1. The molecular formula is C24H24ClFN8O2. The summed E-state index contributed by atoms with van der Waals surface area (Å²) in [6.45, 7) is 3.64. The molecule has 10 nitrogen and oxygen atoms in total. The third-order valence-corrected chi connectivity index (χ3v) is 5.69. The second-order valence-electron chi connectivity index (χ2n) is 8.27. The maximum atomic E-state index is 14.2. The van der Waals surface area contributed by atoms with Crippen LogP contribution in [0.3, 0.4) is 0 Å². The number of hydrogen-bond acceptors (Lipinski definition) is 7. The molecule has 0 saturated heterocycles. The Bertz CT molecular complexity index is 1410. The predicted octanol–water partition coefficient (Wildman–Crippen LogP) is 3.12. The molecule has 0 atom stereocenters. The molecule has 4 N–H and O–H groups in total. The summed E-state index contributed by atoms with van der Waals surface area (Å²) in [5.41, 5.74) is 7.88. The highest BCUT2D eigenvalue weighted by atomic mass is 35.5. The molecule has 0 aliphatic carbocycles. The first-order chi connectivity index (χ1) is 17.2. The molecule has 0 fully saturated rings. The van der Waals surface area contributed by atoms with Crippen LogP contribution in [0, 0.1) is 5.82 Å². The Morgan fingerprint density at radius 2 is 1.92 bits per heavy atom. The lowest BCUT2D eigenvalue weighted by atomic mass is 10.2. The third kappa shape index (κ3) is 5.36. The number of fused-ring (bicyclic) bond motifs is 1. The van der Waals surface area contributed by atoms with Gasteiger partial charge in [-0.15, -0.1) is 5.10 Å². The van der Waals surface area contributed by atoms with E-state index in [0.29, 0.717) is 22.3 Å². The highest BCUT2D eigenvalue weighted by Crippen LogP contribution is 2.25. The monoisotopic (exact) mass is 510 g/mol. The number of primary amides is 1. The van der Waals surface area contributed by atoms with Gasteiger partial charge in [0.15, 0.2) is 5.69 Å². The molecule has 36 heavy (non-hydrogen) atoms. The first kappa shape index (κ1) is 24.9. The largest absolute Gasteiger partial charge is 0.364 e. The summed E-state index contributed by atoms with van der Waals surface area (Å²) in [6.07, 6.45) is 4.65. The minimum Gasteiger partial charge on any atom is -0.364 e. The van der Waals surface area contributed by atoms with E-state index >= 15 is 0 Å². The maximum absolute atomic E-state index is 14.2. The molecule has 2 amide bonds. The number of carbonyl (C=O) groups excluding carboxylic acids is 2. The summed E-state index contributed by atoms with van der Waals surface area (Å²) in [5, 5.41) is 12.5. The molecule has 4 aromatic rings. The average Bonchev–Trinajstić information content (AvgIpc) is 3.23. The van der Waals surface area contributed by atoms with Crippen molar-refractivity contribution >= 4 is 45.7 Å². The first-order valence-corrected chi connectivity index (χ1v) is 11.4. The Labute approximate surface area is 211 Å². The van der Waals surface area contributed by atoms with Crippen LogP contribution in [-0.4, -0.2) is 44.3 Å². The predicted molar refractivity (Wildman–Crippen MR) is 135 cm³/mol. The molecular weight excluding hydrogens is 487 g/mol. The zero-order valence-corrected chi connectivity index (χ0v) is 20.3. The Morgan fingerprint density at radius 3 is 2.61 bits per heavy atom. The van der Waals surface area contributed by atoms with Crippen LogP contribution in [0.25, 0.3) is 10.9 Å². The number of aromatic nitrogens is 4. The normalized spacial score (nSPS) is 11.0. The molecule has 2 aromatic heterocycles. The van der Waals surface area contributed by atoms with Gasteiger partial charge in [-0.25, -0.2) is 14.4 Å². The number of carbonyl (C=O) groups is 2. The van der Waals surface area contributed by atoms with Crippen LogP contribution in [0.5, 0.6) is 0 Å². The van der Waals surface area contributed by atoms with Gasteiger partial charge in [-0.1, -0.05) is 23.7 Å². The van der Waals surface area contributed by atoms with Crippen molar-refractivity contribution in [2.75, 3.05) is 16.9 Å². The molecule has 4 rings (SSSR count). The molecule has 0 unspecified atom stereocenters. The van der Waals surface area contributed by atoms with Crippen molar-refractivity contribution < 1.29 is 14.0 Å². The van der Waals surface area contributed by atoms with Crippen LogP contribution in [0.2, 0.25) is 5.02 Å². The second-order valence-corrected chi connectivity index (χ2v) is 8.67. The number of nitrogens with zero attached hydrogens (tertiary/aromatic N) is 5. The number of benzene rings is 2. The molecule has 186 valence electrons. The Kier molecular flexibility index (Phi) is 7.30. The van der Waals surface area contributed by atoms with Crippen molar-refractivity contribution in [3.8, 4) is 0 Å². The summed E-state index contributed by atoms with van der Waals surface area (Å²) in [4.78, 5) is 34.4. The fourth-order valence-corrected chi connectivity index (χ4v) is 3.83. The fraction of sp³-hybridized carbons (Fsp3) is 0.208. The highest BCUT2D eigenvalue weighted by molar-refractivity contribution is 6.30. The molecule has 0 aliphatic heterocycles. The number of halogens is 2. The second kappa shape index (κ2) is 10.6. The smallest absolute Gasteiger partial charge is 0.269 e. The van der Waals surface area contributed by atoms with E-state index < -0.39 is 11.7 Å². The van der Waals surface area contributed by atoms with Crippen LogP contribution < -0.4 is 21.4 Å². The molecule has 2 aromatic carbocycles. The summed E-state index contributed by atoms with van der Waals surface area (Å²) in [7, 11) is 0. The Hall–Kier alpha value is -4.25. The van der Waals surface area contributed by atoms with E-state index in [1.54, 1.807) is 47.7 Å². The van der Waals surface area contributed by atoms with Crippen LogP contribution >= 0.6 is 11.6 Å². The minimum atomic E-state index is -0.705. The van der Waals surface area contributed by atoms with E-state index in [-0.39, 0.29) is 41.3 Å². The number of hydrogen-bond donors (Lipinski definition) is 3. The standard InChI is InChI=1S/C24H24ClFN8O2/c1-14(2)33(12-21(35)30-9-15-4-3-5-19(25)22(15)26)34-20-7-6-16(31-17-10-28-13-29-11-17)8-18(20)23(32-34)24(27)36/h3-8,10-11,13-14,31H,9,12H2,1-2H3,(H2,27,36)(H,30,35). The summed E-state index contributed by atoms with van der Waals surface area (Å²) in [5.74, 6) is -1.64. The van der Waals surface area contributed by atoms with Crippen LogP contribution in [-0.2, 0) is 11.3 Å². The summed E-state index contributed by atoms with van der Waals surface area (Å²) in [6, 6.07) is 9.75. The highest BCUT2D eigenvalue weighted by Gasteiger charge is 2.22. The van der Waals surface area contributed by atoms with Gasteiger partial charge in [0, 0.05) is 29.2 Å². The van der Waals surface area contributed by atoms with Crippen molar-refractivity contribution in [2.45, 2.75) is 26.4 Å². The van der Waals surface area contributed by atoms with Crippen molar-refractivity contribution in [2.24, 2.45) is 5.73 Å². The van der Waals surface area contributed by atoms with Gasteiger partial charge >= 0.3 is 0 Å². The Morgan fingerprint density at radius 1 is 1.17 bits per heavy atom. The quantitative estimate of drug-likeness (QED) is 0.315. The lowest BCUT2D eigenvalue weighted by Gasteiger charge is -2.28. The molecule has 0 radical (unpaired) electrons. The number of amides is 2. The van der Waals surface area contributed by atoms with E-state index in [1.807, 2.05) is 13.8 Å². The van der Waals surface area contributed by atoms with Crippen LogP contribution in [0.1, 0.15) is 29.9 Å². The molecule has 0 saturated carbocycles. The lowest BCUT2D eigenvalue weighted by Crippen LogP contribution is -2.47. The maximum Gasteiger partial charge on any atom is 0.269 e. The number of nitrogens with one attached hydrogen (secondary N) is 2. The minimum absolute atomic E-state index is 0.0128. The zero-order chi connectivity index (χ0) is 25.8. The Balaban J connectivity index is 1.60. The van der Waals surface area contributed by atoms with Gasteiger partial charge in [-0.05, 0) is 38.1 Å². The van der Waals surface area contributed by atoms with Crippen molar-refractivity contribution in [3.63, 3.8) is 0 Å². The molecule has 0 aliphatic rings. The van der Waals surface area contributed by atoms with Gasteiger partial charge in [0.05, 0.1) is 28.6 Å². The van der Waals surface area contributed by atoms with E-state index in [0.717, 1.165) is 0 Å². The third-order valence-electron chi connectivity index (χ3n) is 5.40. The topological polar surface area (TPSA) is 131 Å². The molecule has 12 heteroatoms. The fourth-order valence-electron chi connectivity index (χ4n) is 3.64. The zero-order valence-electron chi connectivity index (χ0n) is 19.6. The lowest BCUT2D eigenvalue weighted by molar-refractivity contribution is -0.120. The van der Waals surface area contributed by atoms with Gasteiger partial charge < -0.3 is 16.4 Å². The number of rotatable bonds is 9. The average molecular weight is 511 g/mol. The van der Waals surface area contributed by atoms with Gasteiger partial charge in [-0.2, -0.15) is 4.79 Å². The van der Waals surface area contributed by atoms with E-state index in [1.165, 1.54) is 17.2 Å². The van der Waals surface area contributed by atoms with Crippen molar-refractivity contribution in [1.82, 2.24) is 25.2 Å². The van der Waals surface area contributed by atoms with Gasteiger partial charge in [0.1, 0.15) is 18.7 Å². The van der Waals surface area contributed by atoms with Gasteiger partial charge in [0.2, 0.25) is 5.91 Å². The van der Waals surface area contributed by atoms with Crippen LogP contribution in [0.4, 0.5) is 15.8 Å². The van der Waals surface area contributed by atoms with Crippen molar-refractivity contribution in [3.05, 3.63) is 77.2 Å². The number of anilines is 2. The summed E-state index contributed by atoms with van der Waals surface area (Å²) >= 11 is 5.82. The van der Waals surface area contributed by atoms with Crippen LogP contribution in [0.15, 0.2) is 55.1 Å². The van der Waals surface area contributed by atoms with Gasteiger partial charge in [-0.3, -0.25) is 14.6 Å². The van der Waals surface area contributed by atoms with E-state index in [9.17, 15) is 14.0 Å². The van der Waals surface area contributed by atoms with E-state index in [2.05, 4.69) is 25.7 Å². The molecule has 2 heterocycles. The summed E-state index contributed by atoms with van der Waals surface area (Å²) < 4.78 is 14.2. The SMILES string of the molecule is CC(C)N(CC(=O)NCc1cccc(Cl)c1F)n1nc(C(N)=O)c2cc(Nc3cncnc3)ccc21. The van der Waals surface area contributed by atoms with Gasteiger partial charge in [0.25, 0.3) is 5.91 Å².